The zero-order chi connectivity index (χ0) is 21.9. The van der Waals surface area contributed by atoms with Crippen LogP contribution in [0.5, 0.6) is 11.5 Å². The number of hydrogen-bond donors (Lipinski definition) is 1. The molecule has 0 radical (unpaired) electrons. The van der Waals surface area contributed by atoms with E-state index in [0.29, 0.717) is 22.6 Å². The third-order valence-corrected chi connectivity index (χ3v) is 6.46. The lowest BCUT2D eigenvalue weighted by Crippen LogP contribution is -2.29. The van der Waals surface area contributed by atoms with Crippen LogP contribution in [-0.2, 0) is 4.79 Å². The second kappa shape index (κ2) is 9.12. The minimum atomic E-state index is -0.401. The first-order valence-corrected chi connectivity index (χ1v) is 11.6. The highest BCUT2D eigenvalue weighted by Crippen LogP contribution is 2.36. The number of thioether (sulfide) groups is 1. The fourth-order valence-corrected chi connectivity index (χ4v) is 4.44. The second-order valence-corrected chi connectivity index (χ2v) is 9.08. The van der Waals surface area contributed by atoms with Crippen molar-refractivity contribution < 1.29 is 18.7 Å². The normalized spacial score (nSPS) is 16.1. The Hall–Kier alpha value is -3.20. The van der Waals surface area contributed by atoms with Crippen LogP contribution in [0.3, 0.4) is 0 Å². The zero-order valence-electron chi connectivity index (χ0n) is 17.7. The second-order valence-electron chi connectivity index (χ2n) is 7.79. The van der Waals surface area contributed by atoms with Crippen LogP contribution in [-0.4, -0.2) is 41.2 Å². The summed E-state index contributed by atoms with van der Waals surface area (Å²) in [5, 5.41) is 11.1. The monoisotopic (exact) mass is 452 g/mol. The number of ether oxygens (including phenoxy) is 2. The molecule has 0 saturated carbocycles. The van der Waals surface area contributed by atoms with Crippen LogP contribution in [0.4, 0.5) is 11.4 Å². The number of anilines is 2. The van der Waals surface area contributed by atoms with Gasteiger partial charge in [0.2, 0.25) is 18.6 Å². The molecule has 2 aliphatic rings. The van der Waals surface area contributed by atoms with Gasteiger partial charge in [-0.3, -0.25) is 4.79 Å². The van der Waals surface area contributed by atoms with Crippen molar-refractivity contribution in [3.05, 3.63) is 42.5 Å². The molecular weight excluding hydrogens is 428 g/mol. The highest BCUT2D eigenvalue weighted by molar-refractivity contribution is 8.00. The van der Waals surface area contributed by atoms with Gasteiger partial charge in [0.15, 0.2) is 11.5 Å². The SMILES string of the molecule is CC(Sc1nnc(-c2ccc3c(c2)OCO3)o1)C(=O)Nc1ccc(N2CCCCC2)cc1. The van der Waals surface area contributed by atoms with E-state index < -0.39 is 5.25 Å². The number of nitrogens with zero attached hydrogens (tertiary/aromatic N) is 3. The van der Waals surface area contributed by atoms with E-state index in [1.54, 1.807) is 12.1 Å². The summed E-state index contributed by atoms with van der Waals surface area (Å²) < 4.78 is 16.5. The third kappa shape index (κ3) is 4.52. The van der Waals surface area contributed by atoms with E-state index in [4.69, 9.17) is 13.9 Å². The summed E-state index contributed by atoms with van der Waals surface area (Å²) in [5.41, 5.74) is 2.71. The Morgan fingerprint density at radius 2 is 1.81 bits per heavy atom. The summed E-state index contributed by atoms with van der Waals surface area (Å²) in [5.74, 6) is 1.58. The molecule has 1 unspecified atom stereocenters. The van der Waals surface area contributed by atoms with Crippen molar-refractivity contribution >= 4 is 29.0 Å². The fourth-order valence-electron chi connectivity index (χ4n) is 3.76. The van der Waals surface area contributed by atoms with E-state index in [2.05, 4.69) is 32.5 Å². The maximum Gasteiger partial charge on any atom is 0.277 e. The molecule has 1 fully saturated rings. The Kier molecular flexibility index (Phi) is 5.89. The van der Waals surface area contributed by atoms with E-state index in [1.165, 1.54) is 36.7 Å². The first-order chi connectivity index (χ1) is 15.7. The molecule has 5 rings (SSSR count). The number of piperidine rings is 1. The maximum atomic E-state index is 12.6. The number of fused-ring (bicyclic) bond motifs is 1. The molecule has 166 valence electrons. The van der Waals surface area contributed by atoms with E-state index in [9.17, 15) is 4.79 Å². The number of benzene rings is 2. The van der Waals surface area contributed by atoms with Gasteiger partial charge >= 0.3 is 0 Å². The lowest BCUT2D eigenvalue weighted by Gasteiger charge is -2.28. The molecule has 1 aromatic heterocycles. The van der Waals surface area contributed by atoms with Crippen molar-refractivity contribution in [1.29, 1.82) is 0 Å². The number of carbonyl (C=O) groups excluding carboxylic acids is 1. The van der Waals surface area contributed by atoms with Crippen LogP contribution < -0.4 is 19.7 Å². The molecule has 9 heteroatoms. The van der Waals surface area contributed by atoms with Crippen molar-refractivity contribution in [2.45, 2.75) is 36.7 Å². The van der Waals surface area contributed by atoms with Crippen molar-refractivity contribution in [2.24, 2.45) is 0 Å². The largest absolute Gasteiger partial charge is 0.454 e. The van der Waals surface area contributed by atoms with Crippen molar-refractivity contribution in [1.82, 2.24) is 10.2 Å². The number of amides is 1. The van der Waals surface area contributed by atoms with Gasteiger partial charge < -0.3 is 24.1 Å². The molecule has 1 saturated heterocycles. The molecule has 3 heterocycles. The average molecular weight is 453 g/mol. The lowest BCUT2D eigenvalue weighted by atomic mass is 10.1. The summed E-state index contributed by atoms with van der Waals surface area (Å²) in [4.78, 5) is 15.0. The van der Waals surface area contributed by atoms with Crippen molar-refractivity contribution in [2.75, 3.05) is 30.1 Å². The molecule has 1 N–H and O–H groups in total. The number of hydrogen-bond acceptors (Lipinski definition) is 8. The maximum absolute atomic E-state index is 12.6. The topological polar surface area (TPSA) is 89.7 Å². The van der Waals surface area contributed by atoms with Crippen LogP contribution >= 0.6 is 11.8 Å². The van der Waals surface area contributed by atoms with Gasteiger partial charge in [-0.05, 0) is 68.7 Å². The Balaban J connectivity index is 1.18. The highest BCUT2D eigenvalue weighted by Gasteiger charge is 2.21. The molecule has 32 heavy (non-hydrogen) atoms. The van der Waals surface area contributed by atoms with Gasteiger partial charge in [0.05, 0.1) is 5.25 Å². The predicted octanol–water partition coefficient (Wildman–Crippen LogP) is 4.57. The number of aromatic nitrogens is 2. The summed E-state index contributed by atoms with van der Waals surface area (Å²) >= 11 is 1.22. The summed E-state index contributed by atoms with van der Waals surface area (Å²) in [7, 11) is 0. The van der Waals surface area contributed by atoms with Gasteiger partial charge in [-0.1, -0.05) is 11.8 Å². The van der Waals surface area contributed by atoms with Crippen molar-refractivity contribution in [3.63, 3.8) is 0 Å². The van der Waals surface area contributed by atoms with E-state index in [0.717, 1.165) is 24.3 Å². The molecule has 8 nitrogen and oxygen atoms in total. The molecule has 2 aromatic carbocycles. The predicted molar refractivity (Wildman–Crippen MR) is 122 cm³/mol. The molecule has 1 atom stereocenters. The standard InChI is InChI=1S/C23H24N4O4S/c1-15(21(28)24-17-6-8-18(9-7-17)27-11-3-2-4-12-27)32-23-26-25-22(31-23)16-5-10-19-20(13-16)30-14-29-19/h5-10,13,15H,2-4,11-12,14H2,1H3,(H,24,28). The van der Waals surface area contributed by atoms with Gasteiger partial charge in [0, 0.05) is 30.0 Å². The summed E-state index contributed by atoms with van der Waals surface area (Å²) in [6, 6.07) is 13.5. The molecular formula is C23H24N4O4S. The molecule has 3 aromatic rings. The quantitative estimate of drug-likeness (QED) is 0.544. The summed E-state index contributed by atoms with van der Waals surface area (Å²) in [6.45, 7) is 4.21. The molecule has 0 aliphatic carbocycles. The summed E-state index contributed by atoms with van der Waals surface area (Å²) in [6.07, 6.45) is 3.77. The van der Waals surface area contributed by atoms with Gasteiger partial charge in [-0.2, -0.15) is 0 Å². The average Bonchev–Trinajstić information content (AvgIpc) is 3.49. The van der Waals surface area contributed by atoms with Crippen molar-refractivity contribution in [3.8, 4) is 23.0 Å². The van der Waals surface area contributed by atoms with Crippen LogP contribution in [0.2, 0.25) is 0 Å². The smallest absolute Gasteiger partial charge is 0.277 e. The van der Waals surface area contributed by atoms with E-state index >= 15 is 0 Å². The highest BCUT2D eigenvalue weighted by atomic mass is 32.2. The minimum Gasteiger partial charge on any atom is -0.454 e. The molecule has 2 aliphatic heterocycles. The van der Waals surface area contributed by atoms with Gasteiger partial charge in [-0.15, -0.1) is 10.2 Å². The van der Waals surface area contributed by atoms with Crippen LogP contribution in [0.25, 0.3) is 11.5 Å². The Morgan fingerprint density at radius 1 is 1.03 bits per heavy atom. The molecule has 1 amide bonds. The van der Waals surface area contributed by atoms with Gasteiger partial charge in [0.1, 0.15) is 0 Å². The first-order valence-electron chi connectivity index (χ1n) is 10.7. The van der Waals surface area contributed by atoms with Gasteiger partial charge in [0.25, 0.3) is 5.22 Å². The Labute approximate surface area is 190 Å². The van der Waals surface area contributed by atoms with Crippen LogP contribution in [0.1, 0.15) is 26.2 Å². The van der Waals surface area contributed by atoms with Gasteiger partial charge in [-0.25, -0.2) is 0 Å². The Bertz CT molecular complexity index is 1100. The lowest BCUT2D eigenvalue weighted by molar-refractivity contribution is -0.115. The number of carbonyl (C=O) groups is 1. The number of nitrogens with one attached hydrogen (secondary N) is 1. The van der Waals surface area contributed by atoms with E-state index in [1.807, 2.05) is 25.1 Å². The van der Waals surface area contributed by atoms with Crippen LogP contribution in [0, 0.1) is 0 Å². The number of rotatable bonds is 6. The van der Waals surface area contributed by atoms with Crippen LogP contribution in [0.15, 0.2) is 52.1 Å². The fraction of sp³-hybridized carbons (Fsp3) is 0.348. The first kappa shape index (κ1) is 20.7. The molecule has 0 bridgehead atoms. The Morgan fingerprint density at radius 3 is 2.62 bits per heavy atom. The minimum absolute atomic E-state index is 0.122. The molecule has 0 spiro atoms. The third-order valence-electron chi connectivity index (χ3n) is 5.53. The zero-order valence-corrected chi connectivity index (χ0v) is 18.6. The van der Waals surface area contributed by atoms with E-state index in [-0.39, 0.29) is 12.7 Å².